The maximum Gasteiger partial charge on any atom is 0.318 e. The van der Waals surface area contributed by atoms with Gasteiger partial charge in [0.2, 0.25) is 17.5 Å². The van der Waals surface area contributed by atoms with Gasteiger partial charge in [-0.15, -0.1) is 0 Å². The smallest absolute Gasteiger partial charge is 0.318 e. The van der Waals surface area contributed by atoms with E-state index in [9.17, 15) is 4.79 Å². The van der Waals surface area contributed by atoms with E-state index in [1.165, 1.54) is 0 Å². The second-order valence-corrected chi connectivity index (χ2v) is 4.12. The summed E-state index contributed by atoms with van der Waals surface area (Å²) in [7, 11) is 0. The number of aromatic nitrogens is 4. The van der Waals surface area contributed by atoms with Crippen LogP contribution in [0.15, 0.2) is 23.0 Å². The highest BCUT2D eigenvalue weighted by atomic mass is 16.5. The van der Waals surface area contributed by atoms with Gasteiger partial charge in [0.05, 0.1) is 6.61 Å². The second-order valence-electron chi connectivity index (χ2n) is 4.12. The third-order valence-corrected chi connectivity index (χ3v) is 2.65. The molecule has 0 aliphatic carbocycles. The van der Waals surface area contributed by atoms with Gasteiger partial charge in [-0.05, 0) is 19.4 Å². The molecule has 0 bridgehead atoms. The summed E-state index contributed by atoms with van der Waals surface area (Å²) in [6.07, 6.45) is 4.58. The van der Waals surface area contributed by atoms with Crippen molar-refractivity contribution < 1.29 is 14.1 Å². The minimum Gasteiger partial charge on any atom is -0.465 e. The lowest BCUT2D eigenvalue weighted by molar-refractivity contribution is -0.145. The van der Waals surface area contributed by atoms with Crippen molar-refractivity contribution in [3.63, 3.8) is 0 Å². The largest absolute Gasteiger partial charge is 0.465 e. The van der Waals surface area contributed by atoms with Crippen LogP contribution in [0.25, 0.3) is 11.6 Å². The molecule has 0 aliphatic rings. The Morgan fingerprint density at radius 1 is 1.30 bits per heavy atom. The van der Waals surface area contributed by atoms with Crippen LogP contribution in [0.3, 0.4) is 0 Å². The number of esters is 1. The molecule has 0 saturated carbocycles. The Balaban J connectivity index is 2.23. The van der Waals surface area contributed by atoms with Gasteiger partial charge in [-0.3, -0.25) is 4.79 Å². The fourth-order valence-electron chi connectivity index (χ4n) is 1.76. The lowest BCUT2D eigenvalue weighted by atomic mass is 10.0. The molecule has 2 aromatic rings. The first kappa shape index (κ1) is 14.1. The van der Waals surface area contributed by atoms with Crippen LogP contribution in [0.4, 0.5) is 0 Å². The molecule has 0 fully saturated rings. The van der Waals surface area contributed by atoms with Crippen LogP contribution in [0.2, 0.25) is 0 Å². The quantitative estimate of drug-likeness (QED) is 0.745. The minimum absolute atomic E-state index is 0.243. The Bertz CT molecular complexity index is 556. The van der Waals surface area contributed by atoms with Crippen LogP contribution in [0.1, 0.15) is 38.5 Å². The molecular weight excluding hydrogens is 260 g/mol. The summed E-state index contributed by atoms with van der Waals surface area (Å²) in [6, 6.07) is 1.70. The van der Waals surface area contributed by atoms with E-state index in [0.29, 0.717) is 18.9 Å². The molecule has 2 aromatic heterocycles. The highest BCUT2D eigenvalue weighted by molar-refractivity contribution is 5.76. The summed E-state index contributed by atoms with van der Waals surface area (Å²) in [5.41, 5.74) is 0. The van der Waals surface area contributed by atoms with Gasteiger partial charge < -0.3 is 9.26 Å². The van der Waals surface area contributed by atoms with E-state index in [2.05, 4.69) is 20.1 Å². The van der Waals surface area contributed by atoms with Gasteiger partial charge in [0.1, 0.15) is 5.92 Å². The van der Waals surface area contributed by atoms with Crippen LogP contribution in [0.5, 0.6) is 0 Å². The number of rotatable bonds is 6. The van der Waals surface area contributed by atoms with Crippen LogP contribution in [-0.2, 0) is 9.53 Å². The molecule has 20 heavy (non-hydrogen) atoms. The van der Waals surface area contributed by atoms with Gasteiger partial charge >= 0.3 is 5.97 Å². The van der Waals surface area contributed by atoms with Gasteiger partial charge in [-0.25, -0.2) is 9.97 Å². The molecule has 0 aliphatic heterocycles. The highest BCUT2D eigenvalue weighted by Crippen LogP contribution is 2.23. The number of ether oxygens (including phenoxy) is 1. The number of hydrogen-bond acceptors (Lipinski definition) is 7. The Morgan fingerprint density at radius 3 is 2.70 bits per heavy atom. The fraction of sp³-hybridized carbons (Fsp3) is 0.462. The van der Waals surface area contributed by atoms with Crippen LogP contribution >= 0.6 is 0 Å². The van der Waals surface area contributed by atoms with Crippen LogP contribution in [0, 0.1) is 0 Å². The van der Waals surface area contributed by atoms with Crippen molar-refractivity contribution in [3.05, 3.63) is 24.4 Å². The minimum atomic E-state index is -0.537. The third-order valence-electron chi connectivity index (χ3n) is 2.65. The average molecular weight is 276 g/mol. The summed E-state index contributed by atoms with van der Waals surface area (Å²) >= 11 is 0. The number of nitrogens with zero attached hydrogens (tertiary/aromatic N) is 4. The summed E-state index contributed by atoms with van der Waals surface area (Å²) in [5.74, 6) is -0.0104. The van der Waals surface area contributed by atoms with Crippen molar-refractivity contribution in [2.45, 2.75) is 32.6 Å². The second kappa shape index (κ2) is 6.74. The highest BCUT2D eigenvalue weighted by Gasteiger charge is 2.27. The van der Waals surface area contributed by atoms with Crippen LogP contribution in [-0.4, -0.2) is 32.7 Å². The number of hydrogen-bond donors (Lipinski definition) is 0. The zero-order valence-electron chi connectivity index (χ0n) is 11.4. The van der Waals surface area contributed by atoms with E-state index in [-0.39, 0.29) is 17.7 Å². The van der Waals surface area contributed by atoms with Crippen LogP contribution < -0.4 is 0 Å². The Kier molecular flexibility index (Phi) is 4.75. The maximum atomic E-state index is 11.9. The lowest BCUT2D eigenvalue weighted by Crippen LogP contribution is -2.16. The van der Waals surface area contributed by atoms with Crippen molar-refractivity contribution in [2.24, 2.45) is 0 Å². The van der Waals surface area contributed by atoms with E-state index in [1.807, 2.05) is 6.92 Å². The predicted molar refractivity (Wildman–Crippen MR) is 69.6 cm³/mol. The molecule has 0 amide bonds. The average Bonchev–Trinajstić information content (AvgIpc) is 2.95. The molecule has 0 spiro atoms. The SMILES string of the molecule is CCCC(C(=O)OCC)c1nc(-c2ncccn2)no1. The molecule has 7 heteroatoms. The molecule has 2 heterocycles. The normalized spacial score (nSPS) is 12.1. The van der Waals surface area contributed by atoms with E-state index >= 15 is 0 Å². The summed E-state index contributed by atoms with van der Waals surface area (Å²) in [4.78, 5) is 24.2. The van der Waals surface area contributed by atoms with Crippen molar-refractivity contribution in [1.82, 2.24) is 20.1 Å². The Morgan fingerprint density at radius 2 is 2.05 bits per heavy atom. The van der Waals surface area contributed by atoms with Crippen molar-refractivity contribution in [3.8, 4) is 11.6 Å². The van der Waals surface area contributed by atoms with Gasteiger partial charge in [-0.1, -0.05) is 18.5 Å². The summed E-state index contributed by atoms with van der Waals surface area (Å²) < 4.78 is 10.2. The standard InChI is InChI=1S/C13H16N4O3/c1-3-6-9(13(18)19-4-2)12-16-11(17-20-12)10-14-7-5-8-15-10/h5,7-9H,3-4,6H2,1-2H3. The number of carbonyl (C=O) groups is 1. The molecule has 0 aromatic carbocycles. The van der Waals surface area contributed by atoms with E-state index in [0.717, 1.165) is 6.42 Å². The maximum absolute atomic E-state index is 11.9. The molecule has 7 nitrogen and oxygen atoms in total. The van der Waals surface area contributed by atoms with E-state index in [1.54, 1.807) is 25.4 Å². The zero-order valence-corrected chi connectivity index (χ0v) is 11.4. The molecule has 1 atom stereocenters. The first-order valence-corrected chi connectivity index (χ1v) is 6.53. The van der Waals surface area contributed by atoms with E-state index < -0.39 is 5.92 Å². The fourth-order valence-corrected chi connectivity index (χ4v) is 1.76. The first-order chi connectivity index (χ1) is 9.76. The summed E-state index contributed by atoms with van der Waals surface area (Å²) in [5, 5.41) is 3.81. The molecule has 2 rings (SSSR count). The first-order valence-electron chi connectivity index (χ1n) is 6.53. The molecule has 1 unspecified atom stereocenters. The van der Waals surface area contributed by atoms with E-state index in [4.69, 9.17) is 9.26 Å². The summed E-state index contributed by atoms with van der Waals surface area (Å²) in [6.45, 7) is 4.06. The Labute approximate surface area is 116 Å². The number of carbonyl (C=O) groups excluding carboxylic acids is 1. The predicted octanol–water partition coefficient (Wildman–Crippen LogP) is 1.97. The zero-order chi connectivity index (χ0) is 14.4. The van der Waals surface area contributed by atoms with Crippen molar-refractivity contribution in [2.75, 3.05) is 6.61 Å². The van der Waals surface area contributed by atoms with Crippen molar-refractivity contribution in [1.29, 1.82) is 0 Å². The van der Waals surface area contributed by atoms with Gasteiger partial charge in [0.15, 0.2) is 0 Å². The molecule has 0 saturated heterocycles. The van der Waals surface area contributed by atoms with Gasteiger partial charge in [0.25, 0.3) is 0 Å². The van der Waals surface area contributed by atoms with Crippen molar-refractivity contribution >= 4 is 5.97 Å². The monoisotopic (exact) mass is 276 g/mol. The molecule has 0 radical (unpaired) electrons. The molecule has 106 valence electrons. The molecular formula is C13H16N4O3. The molecule has 0 N–H and O–H groups in total. The topological polar surface area (TPSA) is 91.0 Å². The lowest BCUT2D eigenvalue weighted by Gasteiger charge is -2.09. The van der Waals surface area contributed by atoms with Gasteiger partial charge in [-0.2, -0.15) is 4.98 Å². The third kappa shape index (κ3) is 3.17. The van der Waals surface area contributed by atoms with Gasteiger partial charge in [0, 0.05) is 12.4 Å². The Hall–Kier alpha value is -2.31.